The van der Waals surface area contributed by atoms with E-state index in [1.54, 1.807) is 12.1 Å². The molecule has 4 N–H and O–H groups in total. The molecule has 0 amide bonds. The van der Waals surface area contributed by atoms with Crippen molar-refractivity contribution >= 4 is 21.7 Å². The largest absolute Gasteiger partial charge is 0.461 e. The topological polar surface area (TPSA) is 134 Å². The minimum Gasteiger partial charge on any atom is -0.461 e. The van der Waals surface area contributed by atoms with Crippen molar-refractivity contribution < 1.29 is 17.4 Å². The van der Waals surface area contributed by atoms with E-state index in [4.69, 9.17) is 10.2 Å². The summed E-state index contributed by atoms with van der Waals surface area (Å²) in [5, 5.41) is 1.41. The smallest absolute Gasteiger partial charge is 0.270 e. The van der Waals surface area contributed by atoms with Crippen LogP contribution in [-0.2, 0) is 10.1 Å². The molecule has 9 nitrogen and oxygen atoms in total. The third-order valence-electron chi connectivity index (χ3n) is 4.22. The van der Waals surface area contributed by atoms with Gasteiger partial charge in [-0.25, -0.2) is 15.0 Å². The molecule has 24 heavy (non-hydrogen) atoms. The van der Waals surface area contributed by atoms with E-state index in [0.717, 1.165) is 30.5 Å². The van der Waals surface area contributed by atoms with Crippen molar-refractivity contribution in [2.45, 2.75) is 31.5 Å². The number of fused-ring (bicyclic) bond motifs is 2. The summed E-state index contributed by atoms with van der Waals surface area (Å²) in [5.74, 6) is -0.943. The fourth-order valence-corrected chi connectivity index (χ4v) is 3.98. The molecule has 0 radical (unpaired) electrons. The molecular formula is C14H17N5O4S. The molecule has 3 heterocycles. The first-order valence-corrected chi connectivity index (χ1v) is 9.22. The van der Waals surface area contributed by atoms with Gasteiger partial charge in [0.25, 0.3) is 10.1 Å². The summed E-state index contributed by atoms with van der Waals surface area (Å²) in [6.07, 6.45) is 4.99. The summed E-state index contributed by atoms with van der Waals surface area (Å²) in [7, 11) is -4.34. The molecule has 1 aromatic heterocycles. The Morgan fingerprint density at radius 1 is 1.42 bits per heavy atom. The third-order valence-corrected chi connectivity index (χ3v) is 5.01. The number of amidine groups is 1. The van der Waals surface area contributed by atoms with E-state index in [9.17, 15) is 13.0 Å². The van der Waals surface area contributed by atoms with Crippen LogP contribution in [0, 0.1) is 0 Å². The number of nitrogens with zero attached hydrogens (tertiary/aromatic N) is 3. The molecule has 0 spiro atoms. The first kappa shape index (κ1) is 15.4. The van der Waals surface area contributed by atoms with Gasteiger partial charge in [-0.1, -0.05) is 0 Å². The molecule has 1 unspecified atom stereocenters. The van der Waals surface area contributed by atoms with E-state index < -0.39 is 21.7 Å². The number of allylic oxidation sites excluding steroid dienone is 1. The second kappa shape index (κ2) is 5.16. The van der Waals surface area contributed by atoms with Crippen molar-refractivity contribution in [2.24, 2.45) is 15.7 Å². The summed E-state index contributed by atoms with van der Waals surface area (Å²) in [4.78, 5) is 8.98. The average Bonchev–Trinajstić information content (AvgIpc) is 3.15. The van der Waals surface area contributed by atoms with Crippen LogP contribution < -0.4 is 11.2 Å². The Morgan fingerprint density at radius 2 is 2.21 bits per heavy atom. The van der Waals surface area contributed by atoms with Crippen molar-refractivity contribution in [3.63, 3.8) is 0 Å². The standard InChI is InChI=1S/C14H17N5O4S/c15-14(8-24(20,21)22)17-10-5-2-1-4-9(10)13-16-12(18-19(13)14)11-6-3-7-23-11/h3,6-7H,1-2,4-5,8,15H2,(H,16,18)(H,20,21,22). The third kappa shape index (κ3) is 2.52. The van der Waals surface area contributed by atoms with Gasteiger partial charge in [-0.05, 0) is 37.8 Å². The van der Waals surface area contributed by atoms with Crippen LogP contribution in [0.5, 0.6) is 0 Å². The van der Waals surface area contributed by atoms with Gasteiger partial charge in [0.15, 0.2) is 17.4 Å². The zero-order chi connectivity index (χ0) is 16.9. The Hall–Kier alpha value is -2.17. The van der Waals surface area contributed by atoms with E-state index in [2.05, 4.69) is 15.4 Å². The van der Waals surface area contributed by atoms with Gasteiger partial charge in [0.2, 0.25) is 5.79 Å². The molecule has 0 aromatic carbocycles. The summed E-state index contributed by atoms with van der Waals surface area (Å²) < 4.78 is 37.5. The van der Waals surface area contributed by atoms with Gasteiger partial charge < -0.3 is 4.42 Å². The fourth-order valence-electron chi connectivity index (χ4n) is 3.25. The van der Waals surface area contributed by atoms with Crippen molar-refractivity contribution in [3.8, 4) is 0 Å². The average molecular weight is 351 g/mol. The number of nitrogens with one attached hydrogen (secondary N) is 1. The molecular weight excluding hydrogens is 334 g/mol. The van der Waals surface area contributed by atoms with E-state index >= 15 is 0 Å². The maximum absolute atomic E-state index is 11.4. The molecule has 1 aliphatic carbocycles. The molecule has 4 rings (SSSR count). The normalized spacial score (nSPS) is 26.5. The first-order valence-electron chi connectivity index (χ1n) is 7.61. The van der Waals surface area contributed by atoms with Crippen molar-refractivity contribution in [3.05, 3.63) is 35.6 Å². The maximum atomic E-state index is 11.4. The molecule has 10 heteroatoms. The Bertz CT molecular complexity index is 871. The number of hydrogen-bond acceptors (Lipinski definition) is 8. The molecule has 1 aromatic rings. The molecule has 3 aliphatic rings. The SMILES string of the molecule is NC1(CS(=O)(=O)O)N=C2CCCCC2=C2N=C(c3ccco3)NN21. The van der Waals surface area contributed by atoms with E-state index in [-0.39, 0.29) is 0 Å². The Labute approximate surface area is 138 Å². The van der Waals surface area contributed by atoms with Gasteiger partial charge in [0, 0.05) is 11.3 Å². The second-order valence-corrected chi connectivity index (χ2v) is 7.51. The molecule has 1 saturated carbocycles. The molecule has 128 valence electrons. The van der Waals surface area contributed by atoms with Crippen LogP contribution in [0.1, 0.15) is 31.4 Å². The van der Waals surface area contributed by atoms with Crippen LogP contribution in [0.25, 0.3) is 0 Å². The zero-order valence-electron chi connectivity index (χ0n) is 12.8. The Morgan fingerprint density at radius 3 is 2.92 bits per heavy atom. The van der Waals surface area contributed by atoms with Crippen molar-refractivity contribution in [2.75, 3.05) is 5.75 Å². The predicted octanol–water partition coefficient (Wildman–Crippen LogP) is 0.587. The maximum Gasteiger partial charge on any atom is 0.270 e. The lowest BCUT2D eigenvalue weighted by molar-refractivity contribution is 0.134. The highest BCUT2D eigenvalue weighted by Crippen LogP contribution is 2.36. The minimum absolute atomic E-state index is 0.426. The van der Waals surface area contributed by atoms with E-state index in [1.807, 2.05) is 0 Å². The lowest BCUT2D eigenvalue weighted by Crippen LogP contribution is -2.64. The summed E-state index contributed by atoms with van der Waals surface area (Å²) >= 11 is 0. The molecule has 1 atom stereocenters. The summed E-state index contributed by atoms with van der Waals surface area (Å²) in [6, 6.07) is 3.46. The predicted molar refractivity (Wildman–Crippen MR) is 86.5 cm³/mol. The van der Waals surface area contributed by atoms with Crippen molar-refractivity contribution in [1.82, 2.24) is 10.4 Å². The Kier molecular flexibility index (Phi) is 3.31. The Balaban J connectivity index is 1.81. The highest BCUT2D eigenvalue weighted by Gasteiger charge is 2.47. The van der Waals surface area contributed by atoms with Crippen LogP contribution in [0.15, 0.2) is 44.2 Å². The first-order chi connectivity index (χ1) is 11.4. The number of furan rings is 1. The number of hydrazine groups is 1. The van der Waals surface area contributed by atoms with Gasteiger partial charge in [0.1, 0.15) is 5.75 Å². The number of rotatable bonds is 3. The number of nitrogens with two attached hydrogens (primary N) is 1. The van der Waals surface area contributed by atoms with Crippen LogP contribution in [-0.4, -0.2) is 41.1 Å². The molecule has 0 saturated heterocycles. The number of hydrogen-bond donors (Lipinski definition) is 3. The van der Waals surface area contributed by atoms with Gasteiger partial charge >= 0.3 is 0 Å². The second-order valence-electron chi connectivity index (χ2n) is 6.06. The lowest BCUT2D eigenvalue weighted by Gasteiger charge is -2.40. The van der Waals surface area contributed by atoms with Crippen LogP contribution in [0.3, 0.4) is 0 Å². The fraction of sp³-hybridized carbons (Fsp3) is 0.429. The van der Waals surface area contributed by atoms with Gasteiger partial charge in [-0.15, -0.1) is 0 Å². The van der Waals surface area contributed by atoms with Crippen LogP contribution in [0.2, 0.25) is 0 Å². The van der Waals surface area contributed by atoms with Gasteiger partial charge in [0.05, 0.1) is 6.26 Å². The van der Waals surface area contributed by atoms with E-state index in [0.29, 0.717) is 23.8 Å². The summed E-state index contributed by atoms with van der Waals surface area (Å²) in [5.41, 5.74) is 10.9. The van der Waals surface area contributed by atoms with Gasteiger partial charge in [-0.3, -0.25) is 15.7 Å². The quantitative estimate of drug-likeness (QED) is 0.678. The summed E-state index contributed by atoms with van der Waals surface area (Å²) in [6.45, 7) is 0. The van der Waals surface area contributed by atoms with Crippen LogP contribution >= 0.6 is 0 Å². The van der Waals surface area contributed by atoms with Crippen LogP contribution in [0.4, 0.5) is 0 Å². The van der Waals surface area contributed by atoms with Crippen molar-refractivity contribution in [1.29, 1.82) is 0 Å². The molecule has 0 bridgehead atoms. The van der Waals surface area contributed by atoms with E-state index in [1.165, 1.54) is 11.3 Å². The highest BCUT2D eigenvalue weighted by atomic mass is 32.2. The van der Waals surface area contributed by atoms with Gasteiger partial charge in [-0.2, -0.15) is 8.42 Å². The molecule has 2 aliphatic heterocycles. The minimum atomic E-state index is -4.34. The monoisotopic (exact) mass is 351 g/mol. The zero-order valence-corrected chi connectivity index (χ0v) is 13.6. The molecule has 1 fully saturated rings. The highest BCUT2D eigenvalue weighted by molar-refractivity contribution is 7.85. The number of aliphatic imine (C=N–C) groups is 2. The lowest BCUT2D eigenvalue weighted by atomic mass is 9.91.